The molecule has 0 fully saturated rings. The lowest BCUT2D eigenvalue weighted by Crippen LogP contribution is -2.49. The summed E-state index contributed by atoms with van der Waals surface area (Å²) in [6, 6.07) is 8.01. The maximum atomic E-state index is 12.4. The van der Waals surface area contributed by atoms with Crippen LogP contribution >= 0.6 is 34.5 Å². The molecule has 0 saturated carbocycles. The Kier molecular flexibility index (Phi) is 6.66. The molecular weight excluding hydrogens is 367 g/mol. The second kappa shape index (κ2) is 8.51. The summed E-state index contributed by atoms with van der Waals surface area (Å²) < 4.78 is 0. The van der Waals surface area contributed by atoms with Crippen LogP contribution in [0.2, 0.25) is 10.0 Å². The van der Waals surface area contributed by atoms with Crippen LogP contribution in [0.15, 0.2) is 35.7 Å². The van der Waals surface area contributed by atoms with E-state index in [0.29, 0.717) is 14.9 Å². The van der Waals surface area contributed by atoms with Gasteiger partial charge in [0.25, 0.3) is 5.91 Å². The Hall–Kier alpha value is -1.56. The van der Waals surface area contributed by atoms with Gasteiger partial charge in [-0.05, 0) is 35.1 Å². The van der Waals surface area contributed by atoms with Gasteiger partial charge < -0.3 is 10.6 Å². The molecule has 0 aliphatic rings. The van der Waals surface area contributed by atoms with Crippen molar-refractivity contribution in [2.24, 2.45) is 5.92 Å². The lowest BCUT2D eigenvalue weighted by atomic mass is 10.0. The summed E-state index contributed by atoms with van der Waals surface area (Å²) in [6.45, 7) is 4.04. The monoisotopic (exact) mass is 384 g/mol. The number of amides is 2. The molecule has 24 heavy (non-hydrogen) atoms. The molecule has 0 saturated heterocycles. The quantitative estimate of drug-likeness (QED) is 0.786. The predicted molar refractivity (Wildman–Crippen MR) is 98.7 cm³/mol. The Morgan fingerprint density at radius 1 is 1.21 bits per heavy atom. The molecule has 1 aromatic heterocycles. The molecule has 4 nitrogen and oxygen atoms in total. The molecule has 2 N–H and O–H groups in total. The van der Waals surface area contributed by atoms with Crippen LogP contribution in [0.5, 0.6) is 0 Å². The standard InChI is InChI=1S/C17H18Cl2N2O2S/c1-10(2)15(21-16(22)14-4-3-7-24-14)17(23)20-9-11-5-6-12(18)8-13(11)19/h3-8,10,15H,9H2,1-2H3,(H,20,23)(H,21,22)/t15-/m1/s1. The fourth-order valence-electron chi connectivity index (χ4n) is 2.11. The fraction of sp³-hybridized carbons (Fsp3) is 0.294. The molecule has 1 atom stereocenters. The Balaban J connectivity index is 2.00. The minimum absolute atomic E-state index is 0.0467. The van der Waals surface area contributed by atoms with E-state index in [-0.39, 0.29) is 24.3 Å². The Morgan fingerprint density at radius 2 is 1.96 bits per heavy atom. The molecule has 0 spiro atoms. The van der Waals surface area contributed by atoms with Crippen LogP contribution in [0.25, 0.3) is 0 Å². The lowest BCUT2D eigenvalue weighted by molar-refractivity contribution is -0.124. The van der Waals surface area contributed by atoms with Crippen molar-refractivity contribution in [3.8, 4) is 0 Å². The van der Waals surface area contributed by atoms with Gasteiger partial charge in [-0.15, -0.1) is 11.3 Å². The van der Waals surface area contributed by atoms with Crippen LogP contribution in [-0.4, -0.2) is 17.9 Å². The number of thiophene rings is 1. The minimum atomic E-state index is -0.620. The zero-order valence-electron chi connectivity index (χ0n) is 13.3. The van der Waals surface area contributed by atoms with E-state index < -0.39 is 6.04 Å². The van der Waals surface area contributed by atoms with E-state index in [9.17, 15) is 9.59 Å². The lowest BCUT2D eigenvalue weighted by Gasteiger charge is -2.21. The summed E-state index contributed by atoms with van der Waals surface area (Å²) >= 11 is 13.3. The van der Waals surface area contributed by atoms with Gasteiger partial charge in [0.15, 0.2) is 0 Å². The molecule has 0 radical (unpaired) electrons. The van der Waals surface area contributed by atoms with E-state index >= 15 is 0 Å². The van der Waals surface area contributed by atoms with E-state index in [0.717, 1.165) is 5.56 Å². The SMILES string of the molecule is CC(C)[C@@H](NC(=O)c1cccs1)C(=O)NCc1ccc(Cl)cc1Cl. The highest BCUT2D eigenvalue weighted by molar-refractivity contribution is 7.12. The van der Waals surface area contributed by atoms with Crippen LogP contribution in [-0.2, 0) is 11.3 Å². The number of hydrogen-bond acceptors (Lipinski definition) is 3. The highest BCUT2D eigenvalue weighted by Crippen LogP contribution is 2.20. The molecule has 0 aliphatic carbocycles. The van der Waals surface area contributed by atoms with Crippen LogP contribution in [0.1, 0.15) is 29.1 Å². The maximum absolute atomic E-state index is 12.4. The third-order valence-electron chi connectivity index (χ3n) is 3.45. The van der Waals surface area contributed by atoms with Gasteiger partial charge in [-0.25, -0.2) is 0 Å². The van der Waals surface area contributed by atoms with Gasteiger partial charge in [0.2, 0.25) is 5.91 Å². The van der Waals surface area contributed by atoms with Gasteiger partial charge in [0.1, 0.15) is 6.04 Å². The summed E-state index contributed by atoms with van der Waals surface area (Å²) in [7, 11) is 0. The molecule has 7 heteroatoms. The van der Waals surface area contributed by atoms with Crippen molar-refractivity contribution < 1.29 is 9.59 Å². The molecule has 0 bridgehead atoms. The Labute approximate surface area is 155 Å². The fourth-order valence-corrected chi connectivity index (χ4v) is 3.21. The molecule has 128 valence electrons. The van der Waals surface area contributed by atoms with Crippen LogP contribution in [0, 0.1) is 5.92 Å². The first kappa shape index (κ1) is 18.8. The van der Waals surface area contributed by atoms with E-state index in [1.54, 1.807) is 30.3 Å². The highest BCUT2D eigenvalue weighted by Gasteiger charge is 2.24. The number of hydrogen-bond donors (Lipinski definition) is 2. The molecule has 0 unspecified atom stereocenters. The van der Waals surface area contributed by atoms with E-state index in [1.165, 1.54) is 11.3 Å². The van der Waals surface area contributed by atoms with Gasteiger partial charge in [-0.1, -0.05) is 49.2 Å². The van der Waals surface area contributed by atoms with Gasteiger partial charge in [-0.3, -0.25) is 9.59 Å². The number of halogens is 2. The predicted octanol–water partition coefficient (Wildman–Crippen LogP) is 4.13. The van der Waals surface area contributed by atoms with Gasteiger partial charge in [0, 0.05) is 16.6 Å². The average Bonchev–Trinajstić information content (AvgIpc) is 3.05. The second-order valence-electron chi connectivity index (χ2n) is 5.63. The Bertz CT molecular complexity index is 717. The first-order valence-electron chi connectivity index (χ1n) is 7.44. The van der Waals surface area contributed by atoms with E-state index in [4.69, 9.17) is 23.2 Å². The summed E-state index contributed by atoms with van der Waals surface area (Å²) in [6.07, 6.45) is 0. The van der Waals surface area contributed by atoms with Crippen LogP contribution in [0.4, 0.5) is 0 Å². The molecule has 2 rings (SSSR count). The first-order chi connectivity index (χ1) is 11.4. The van der Waals surface area contributed by atoms with Crippen molar-refractivity contribution in [1.29, 1.82) is 0 Å². The number of carbonyl (C=O) groups excluding carboxylic acids is 2. The summed E-state index contributed by atoms with van der Waals surface area (Å²) in [5.74, 6) is -0.543. The number of nitrogens with one attached hydrogen (secondary N) is 2. The second-order valence-corrected chi connectivity index (χ2v) is 7.42. The molecule has 0 aliphatic heterocycles. The van der Waals surface area contributed by atoms with Gasteiger partial charge >= 0.3 is 0 Å². The topological polar surface area (TPSA) is 58.2 Å². The van der Waals surface area contributed by atoms with Crippen molar-refractivity contribution in [3.05, 3.63) is 56.2 Å². The van der Waals surface area contributed by atoms with Gasteiger partial charge in [-0.2, -0.15) is 0 Å². The first-order valence-corrected chi connectivity index (χ1v) is 9.08. The smallest absolute Gasteiger partial charge is 0.262 e. The van der Waals surface area contributed by atoms with Crippen molar-refractivity contribution in [2.45, 2.75) is 26.4 Å². The summed E-state index contributed by atoms with van der Waals surface area (Å²) in [4.78, 5) is 25.2. The van der Waals surface area contributed by atoms with Gasteiger partial charge in [0.05, 0.1) is 4.88 Å². The van der Waals surface area contributed by atoms with Crippen LogP contribution < -0.4 is 10.6 Å². The number of benzene rings is 1. The molecule has 2 amide bonds. The molecule has 1 heterocycles. The van der Waals surface area contributed by atoms with Crippen molar-refractivity contribution in [2.75, 3.05) is 0 Å². The zero-order valence-corrected chi connectivity index (χ0v) is 15.6. The summed E-state index contributed by atoms with van der Waals surface area (Å²) in [5, 5.41) is 8.45. The number of carbonyl (C=O) groups is 2. The number of rotatable bonds is 6. The maximum Gasteiger partial charge on any atom is 0.262 e. The van der Waals surface area contributed by atoms with E-state index in [1.807, 2.05) is 19.2 Å². The summed E-state index contributed by atoms with van der Waals surface area (Å²) in [5.41, 5.74) is 0.765. The zero-order chi connectivity index (χ0) is 17.7. The van der Waals surface area contributed by atoms with E-state index in [2.05, 4.69) is 10.6 Å². The Morgan fingerprint density at radius 3 is 2.54 bits per heavy atom. The minimum Gasteiger partial charge on any atom is -0.350 e. The van der Waals surface area contributed by atoms with Crippen molar-refractivity contribution >= 4 is 46.4 Å². The highest BCUT2D eigenvalue weighted by atomic mass is 35.5. The normalized spacial score (nSPS) is 12.0. The molecule has 1 aromatic carbocycles. The third-order valence-corrected chi connectivity index (χ3v) is 4.90. The third kappa shape index (κ3) is 4.97. The average molecular weight is 385 g/mol. The van der Waals surface area contributed by atoms with Crippen LogP contribution in [0.3, 0.4) is 0 Å². The molecule has 2 aromatic rings. The molecular formula is C17H18Cl2N2O2S. The largest absolute Gasteiger partial charge is 0.350 e. The van der Waals surface area contributed by atoms with Crippen molar-refractivity contribution in [1.82, 2.24) is 10.6 Å². The van der Waals surface area contributed by atoms with Crippen molar-refractivity contribution in [3.63, 3.8) is 0 Å².